The number of piperidine rings is 1. The molecular formula is C22H24N4O5S. The highest BCUT2D eigenvalue weighted by molar-refractivity contribution is 7.89. The number of pyridine rings is 1. The zero-order valence-electron chi connectivity index (χ0n) is 17.7. The number of sulfonamides is 1. The van der Waals surface area contributed by atoms with Gasteiger partial charge in [-0.2, -0.15) is 4.31 Å². The Morgan fingerprint density at radius 1 is 1.19 bits per heavy atom. The van der Waals surface area contributed by atoms with Crippen molar-refractivity contribution in [2.45, 2.75) is 31.1 Å². The van der Waals surface area contributed by atoms with Gasteiger partial charge in [0.2, 0.25) is 10.0 Å². The van der Waals surface area contributed by atoms with E-state index in [0.29, 0.717) is 36.8 Å². The summed E-state index contributed by atoms with van der Waals surface area (Å²) in [7, 11) is -3.66. The maximum Gasteiger partial charge on any atom is 0.277 e. The predicted octanol–water partition coefficient (Wildman–Crippen LogP) is 3.56. The van der Waals surface area contributed by atoms with Gasteiger partial charge in [0.05, 0.1) is 17.2 Å². The maximum absolute atomic E-state index is 13.1. The zero-order valence-corrected chi connectivity index (χ0v) is 18.5. The second-order valence-corrected chi connectivity index (χ2v) is 9.27. The summed E-state index contributed by atoms with van der Waals surface area (Å²) in [4.78, 5) is 16.9. The topological polar surface area (TPSA) is 115 Å². The smallest absolute Gasteiger partial charge is 0.277 e. The third-order valence-electron chi connectivity index (χ3n) is 5.14. The van der Waals surface area contributed by atoms with Crippen LogP contribution in [0.1, 0.15) is 36.7 Å². The minimum absolute atomic E-state index is 0.0515. The molecule has 3 heterocycles. The summed E-state index contributed by atoms with van der Waals surface area (Å²) in [6.07, 6.45) is 5.93. The highest BCUT2D eigenvalue weighted by Gasteiger charge is 2.27. The Bertz CT molecular complexity index is 1190. The molecule has 9 nitrogen and oxygen atoms in total. The van der Waals surface area contributed by atoms with Gasteiger partial charge in [-0.05, 0) is 50.1 Å². The van der Waals surface area contributed by atoms with E-state index < -0.39 is 15.9 Å². The zero-order chi connectivity index (χ0) is 22.6. The van der Waals surface area contributed by atoms with Gasteiger partial charge >= 0.3 is 0 Å². The number of hydrogen-bond acceptors (Lipinski definition) is 7. The van der Waals surface area contributed by atoms with E-state index in [1.807, 2.05) is 6.92 Å². The minimum Gasteiger partial charge on any atom is -0.492 e. The van der Waals surface area contributed by atoms with Crippen molar-refractivity contribution in [3.8, 4) is 17.1 Å². The molecule has 0 unspecified atom stereocenters. The first-order chi connectivity index (χ1) is 15.5. The van der Waals surface area contributed by atoms with E-state index in [9.17, 15) is 13.2 Å². The molecule has 0 bridgehead atoms. The number of carbonyl (C=O) groups excluding carboxylic acids is 1. The fraction of sp³-hybridized carbons (Fsp3) is 0.318. The van der Waals surface area contributed by atoms with E-state index in [0.717, 1.165) is 19.3 Å². The van der Waals surface area contributed by atoms with Gasteiger partial charge in [-0.3, -0.25) is 9.78 Å². The highest BCUT2D eigenvalue weighted by atomic mass is 32.2. The molecule has 0 aliphatic carbocycles. The molecule has 32 heavy (non-hydrogen) atoms. The van der Waals surface area contributed by atoms with Crippen molar-refractivity contribution < 1.29 is 22.5 Å². The van der Waals surface area contributed by atoms with Crippen LogP contribution in [0, 0.1) is 0 Å². The Labute approximate surface area is 186 Å². The third kappa shape index (κ3) is 4.66. The molecule has 2 aromatic heterocycles. The number of anilines is 1. The van der Waals surface area contributed by atoms with Gasteiger partial charge in [0.15, 0.2) is 11.5 Å². The lowest BCUT2D eigenvalue weighted by Crippen LogP contribution is -2.35. The van der Waals surface area contributed by atoms with Crippen molar-refractivity contribution in [1.82, 2.24) is 14.4 Å². The van der Waals surface area contributed by atoms with E-state index in [1.165, 1.54) is 22.5 Å². The number of ether oxygens (including phenoxy) is 1. The fourth-order valence-electron chi connectivity index (χ4n) is 3.52. The molecule has 1 amide bonds. The first-order valence-electron chi connectivity index (χ1n) is 10.4. The number of benzene rings is 1. The summed E-state index contributed by atoms with van der Waals surface area (Å²) in [5, 5.41) is 6.53. The molecule has 10 heteroatoms. The number of rotatable bonds is 7. The first-order valence-corrected chi connectivity index (χ1v) is 11.9. The van der Waals surface area contributed by atoms with Crippen LogP contribution in [0.5, 0.6) is 5.75 Å². The van der Waals surface area contributed by atoms with Gasteiger partial charge in [0.1, 0.15) is 5.75 Å². The largest absolute Gasteiger partial charge is 0.492 e. The van der Waals surface area contributed by atoms with Crippen LogP contribution in [0.25, 0.3) is 11.3 Å². The van der Waals surface area contributed by atoms with Gasteiger partial charge in [-0.25, -0.2) is 8.42 Å². The van der Waals surface area contributed by atoms with Gasteiger partial charge in [-0.15, -0.1) is 0 Å². The van der Waals surface area contributed by atoms with Crippen LogP contribution in [0.15, 0.2) is 58.2 Å². The number of carbonyl (C=O) groups is 1. The molecule has 0 radical (unpaired) electrons. The summed E-state index contributed by atoms with van der Waals surface area (Å²) in [5.41, 5.74) is 0.986. The molecule has 0 spiro atoms. The number of nitrogens with one attached hydrogen (secondary N) is 1. The average Bonchev–Trinajstić information content (AvgIpc) is 3.32. The van der Waals surface area contributed by atoms with Crippen molar-refractivity contribution in [1.29, 1.82) is 0 Å². The second-order valence-electron chi connectivity index (χ2n) is 7.33. The monoisotopic (exact) mass is 456 g/mol. The Morgan fingerprint density at radius 3 is 2.72 bits per heavy atom. The lowest BCUT2D eigenvalue weighted by Gasteiger charge is -2.26. The molecular weight excluding hydrogens is 432 g/mol. The Morgan fingerprint density at radius 2 is 2.00 bits per heavy atom. The average molecular weight is 457 g/mol. The molecule has 168 valence electrons. The van der Waals surface area contributed by atoms with Gasteiger partial charge in [0.25, 0.3) is 5.91 Å². The SMILES string of the molecule is CCOc1ccc(S(=O)(=O)N2CCCCC2)cc1NC(=O)c1cc(-c2cccnc2)on1. The van der Waals surface area contributed by atoms with Crippen LogP contribution in [0.2, 0.25) is 0 Å². The summed E-state index contributed by atoms with van der Waals surface area (Å²) < 4.78 is 38.5. The molecule has 1 aliphatic heterocycles. The molecule has 1 aromatic carbocycles. The molecule has 1 N–H and O–H groups in total. The summed E-state index contributed by atoms with van der Waals surface area (Å²) in [6.45, 7) is 3.15. The van der Waals surface area contributed by atoms with Crippen LogP contribution in [0.4, 0.5) is 5.69 Å². The Balaban J connectivity index is 1.60. The lowest BCUT2D eigenvalue weighted by molar-refractivity contribution is 0.101. The highest BCUT2D eigenvalue weighted by Crippen LogP contribution is 2.31. The molecule has 1 aliphatic rings. The van der Waals surface area contributed by atoms with Crippen LogP contribution in [0.3, 0.4) is 0 Å². The summed E-state index contributed by atoms with van der Waals surface area (Å²) >= 11 is 0. The van der Waals surface area contributed by atoms with Crippen molar-refractivity contribution in [2.75, 3.05) is 25.0 Å². The van der Waals surface area contributed by atoms with E-state index in [4.69, 9.17) is 9.26 Å². The molecule has 0 atom stereocenters. The van der Waals surface area contributed by atoms with Gasteiger partial charge < -0.3 is 14.6 Å². The van der Waals surface area contributed by atoms with E-state index in [-0.39, 0.29) is 16.3 Å². The Kier molecular flexibility index (Phi) is 6.52. The maximum atomic E-state index is 13.1. The normalized spacial score (nSPS) is 14.8. The summed E-state index contributed by atoms with van der Waals surface area (Å²) in [6, 6.07) is 9.52. The number of nitrogens with zero attached hydrogens (tertiary/aromatic N) is 3. The van der Waals surface area contributed by atoms with Crippen LogP contribution < -0.4 is 10.1 Å². The van der Waals surface area contributed by atoms with E-state index in [1.54, 1.807) is 30.6 Å². The van der Waals surface area contributed by atoms with Crippen LogP contribution >= 0.6 is 0 Å². The van der Waals surface area contributed by atoms with Crippen molar-refractivity contribution in [2.24, 2.45) is 0 Å². The van der Waals surface area contributed by atoms with Crippen molar-refractivity contribution >= 4 is 21.6 Å². The predicted molar refractivity (Wildman–Crippen MR) is 118 cm³/mol. The lowest BCUT2D eigenvalue weighted by atomic mass is 10.2. The third-order valence-corrected chi connectivity index (χ3v) is 7.04. The first kappa shape index (κ1) is 22.0. The summed E-state index contributed by atoms with van der Waals surface area (Å²) in [5.74, 6) is 0.224. The quantitative estimate of drug-likeness (QED) is 0.578. The molecule has 1 fully saturated rings. The second kappa shape index (κ2) is 9.49. The minimum atomic E-state index is -3.66. The number of aromatic nitrogens is 2. The molecule has 3 aromatic rings. The van der Waals surface area contributed by atoms with Crippen LogP contribution in [-0.4, -0.2) is 48.5 Å². The number of hydrogen-bond donors (Lipinski definition) is 1. The van der Waals surface area contributed by atoms with Gasteiger partial charge in [-0.1, -0.05) is 11.6 Å². The fourth-order valence-corrected chi connectivity index (χ4v) is 5.06. The van der Waals surface area contributed by atoms with Crippen molar-refractivity contribution in [3.05, 3.63) is 54.5 Å². The molecule has 0 saturated carbocycles. The molecule has 4 rings (SSSR count). The van der Waals surface area contributed by atoms with E-state index in [2.05, 4.69) is 15.5 Å². The Hall–Kier alpha value is -3.24. The van der Waals surface area contributed by atoms with Gasteiger partial charge in [0, 0.05) is 37.1 Å². The standard InChI is InChI=1S/C22H24N4O5S/c1-2-30-20-9-8-17(32(28,29)26-11-4-3-5-12-26)13-18(20)24-22(27)19-14-21(31-25-19)16-7-6-10-23-15-16/h6-10,13-15H,2-5,11-12H2,1H3,(H,24,27). The number of amides is 1. The molecule has 1 saturated heterocycles. The van der Waals surface area contributed by atoms with E-state index >= 15 is 0 Å². The van der Waals surface area contributed by atoms with Crippen LogP contribution in [-0.2, 0) is 10.0 Å². The van der Waals surface area contributed by atoms with Crippen molar-refractivity contribution in [3.63, 3.8) is 0 Å².